The molecule has 3 aromatic rings. The maximum Gasteiger partial charge on any atom is 0.236 e. The molecule has 2 aromatic heterocycles. The lowest BCUT2D eigenvalue weighted by Crippen LogP contribution is -2.28. The zero-order valence-corrected chi connectivity index (χ0v) is 12.6. The summed E-state index contributed by atoms with van der Waals surface area (Å²) in [6.07, 6.45) is 2.88. The van der Waals surface area contributed by atoms with E-state index in [1.165, 1.54) is 11.3 Å². The summed E-state index contributed by atoms with van der Waals surface area (Å²) < 4.78 is 5.62. The Bertz CT molecular complexity index is 748. The SMILES string of the molecule is CC1Cc2ccccc2N1Cc1coc(-c2cccs2)n1. The molecule has 0 saturated heterocycles. The molecular formula is C17H16N2OS. The number of rotatable bonds is 3. The Labute approximate surface area is 127 Å². The van der Waals surface area contributed by atoms with E-state index in [0.717, 1.165) is 29.4 Å². The monoisotopic (exact) mass is 296 g/mol. The van der Waals surface area contributed by atoms with Gasteiger partial charge in [-0.3, -0.25) is 0 Å². The molecule has 0 radical (unpaired) electrons. The molecule has 3 heterocycles. The molecule has 1 atom stereocenters. The van der Waals surface area contributed by atoms with Crippen molar-refractivity contribution < 1.29 is 4.42 Å². The number of nitrogens with zero attached hydrogens (tertiary/aromatic N) is 2. The van der Waals surface area contributed by atoms with Crippen molar-refractivity contribution in [3.8, 4) is 10.8 Å². The highest BCUT2D eigenvalue weighted by Crippen LogP contribution is 2.33. The zero-order chi connectivity index (χ0) is 14.2. The van der Waals surface area contributed by atoms with Crippen LogP contribution in [-0.4, -0.2) is 11.0 Å². The molecule has 0 saturated carbocycles. The third-order valence-electron chi connectivity index (χ3n) is 3.96. The Morgan fingerprint density at radius 2 is 2.19 bits per heavy atom. The molecule has 3 nitrogen and oxygen atoms in total. The van der Waals surface area contributed by atoms with E-state index < -0.39 is 0 Å². The van der Waals surface area contributed by atoms with Crippen LogP contribution in [0.25, 0.3) is 10.8 Å². The molecule has 0 spiro atoms. The number of hydrogen-bond donors (Lipinski definition) is 0. The molecule has 0 amide bonds. The van der Waals surface area contributed by atoms with Gasteiger partial charge in [0.1, 0.15) is 6.26 Å². The molecule has 0 N–H and O–H groups in total. The summed E-state index contributed by atoms with van der Waals surface area (Å²) in [5.41, 5.74) is 3.74. The molecule has 21 heavy (non-hydrogen) atoms. The molecule has 1 unspecified atom stereocenters. The number of thiophene rings is 1. The van der Waals surface area contributed by atoms with Gasteiger partial charge in [0.25, 0.3) is 0 Å². The fourth-order valence-corrected chi connectivity index (χ4v) is 3.59. The molecule has 0 bridgehead atoms. The van der Waals surface area contributed by atoms with Gasteiger partial charge in [0.05, 0.1) is 17.1 Å². The van der Waals surface area contributed by atoms with E-state index in [1.54, 1.807) is 17.6 Å². The van der Waals surface area contributed by atoms with Crippen LogP contribution in [0.1, 0.15) is 18.2 Å². The third kappa shape index (κ3) is 2.25. The van der Waals surface area contributed by atoms with Gasteiger partial charge in [-0.15, -0.1) is 11.3 Å². The van der Waals surface area contributed by atoms with Crippen molar-refractivity contribution in [1.82, 2.24) is 4.98 Å². The number of oxazole rings is 1. The van der Waals surface area contributed by atoms with E-state index in [4.69, 9.17) is 4.42 Å². The largest absolute Gasteiger partial charge is 0.443 e. The molecule has 1 aliphatic heterocycles. The van der Waals surface area contributed by atoms with Crippen LogP contribution >= 0.6 is 11.3 Å². The lowest BCUT2D eigenvalue weighted by molar-refractivity contribution is 0.572. The minimum absolute atomic E-state index is 0.504. The summed E-state index contributed by atoms with van der Waals surface area (Å²) in [5.74, 6) is 0.722. The maximum atomic E-state index is 5.62. The standard InChI is InChI=1S/C17H16N2OS/c1-12-9-13-5-2-3-6-15(13)19(12)10-14-11-20-17(18-14)16-7-4-8-21-16/h2-8,11-12H,9-10H2,1H3. The number of para-hydroxylation sites is 1. The second-order valence-corrected chi connectivity index (χ2v) is 6.38. The lowest BCUT2D eigenvalue weighted by atomic mass is 10.1. The highest BCUT2D eigenvalue weighted by Gasteiger charge is 2.26. The Kier molecular flexibility index (Phi) is 3.04. The Balaban J connectivity index is 1.59. The van der Waals surface area contributed by atoms with Crippen molar-refractivity contribution in [3.05, 3.63) is 59.3 Å². The molecule has 0 aliphatic carbocycles. The van der Waals surface area contributed by atoms with Gasteiger partial charge in [0, 0.05) is 11.7 Å². The average Bonchev–Trinajstić information content (AvgIpc) is 3.20. The van der Waals surface area contributed by atoms with Gasteiger partial charge in [-0.05, 0) is 36.4 Å². The normalized spacial score (nSPS) is 17.2. The first-order valence-electron chi connectivity index (χ1n) is 7.14. The minimum Gasteiger partial charge on any atom is -0.443 e. The smallest absolute Gasteiger partial charge is 0.236 e. The van der Waals surface area contributed by atoms with Crippen LogP contribution < -0.4 is 4.90 Å². The van der Waals surface area contributed by atoms with Crippen LogP contribution in [0.3, 0.4) is 0 Å². The Hall–Kier alpha value is -2.07. The number of aromatic nitrogens is 1. The first kappa shape index (κ1) is 12.7. The summed E-state index contributed by atoms with van der Waals surface area (Å²) in [5, 5.41) is 2.04. The quantitative estimate of drug-likeness (QED) is 0.719. The van der Waals surface area contributed by atoms with E-state index in [2.05, 4.69) is 41.1 Å². The summed E-state index contributed by atoms with van der Waals surface area (Å²) >= 11 is 1.65. The van der Waals surface area contributed by atoms with Crippen molar-refractivity contribution in [2.24, 2.45) is 0 Å². The van der Waals surface area contributed by atoms with Crippen LogP contribution in [0.15, 0.2) is 52.5 Å². The second-order valence-electron chi connectivity index (χ2n) is 5.43. The van der Waals surface area contributed by atoms with Crippen molar-refractivity contribution >= 4 is 17.0 Å². The van der Waals surface area contributed by atoms with Crippen LogP contribution in [0.5, 0.6) is 0 Å². The summed E-state index contributed by atoms with van der Waals surface area (Å²) in [6, 6.07) is 13.2. The highest BCUT2D eigenvalue weighted by atomic mass is 32.1. The molecule has 0 fully saturated rings. The second kappa shape index (κ2) is 5.04. The van der Waals surface area contributed by atoms with Crippen molar-refractivity contribution in [2.45, 2.75) is 25.9 Å². The third-order valence-corrected chi connectivity index (χ3v) is 4.82. The van der Waals surface area contributed by atoms with E-state index >= 15 is 0 Å². The molecule has 1 aromatic carbocycles. The predicted octanol–water partition coefficient (Wildman–Crippen LogP) is 4.35. The van der Waals surface area contributed by atoms with Crippen LogP contribution in [0.4, 0.5) is 5.69 Å². The van der Waals surface area contributed by atoms with Gasteiger partial charge in [0.15, 0.2) is 0 Å². The number of benzene rings is 1. The maximum absolute atomic E-state index is 5.62. The summed E-state index contributed by atoms with van der Waals surface area (Å²) in [6.45, 7) is 3.06. The molecule has 4 rings (SSSR count). The van der Waals surface area contributed by atoms with Crippen molar-refractivity contribution in [1.29, 1.82) is 0 Å². The van der Waals surface area contributed by atoms with E-state index in [0.29, 0.717) is 6.04 Å². The molecule has 4 heteroatoms. The number of anilines is 1. The van der Waals surface area contributed by atoms with E-state index in [1.807, 2.05) is 17.5 Å². The van der Waals surface area contributed by atoms with Gasteiger partial charge in [-0.25, -0.2) is 4.98 Å². The fraction of sp³-hybridized carbons (Fsp3) is 0.235. The first-order valence-corrected chi connectivity index (χ1v) is 8.02. The van der Waals surface area contributed by atoms with Crippen LogP contribution in [0, 0.1) is 0 Å². The summed E-state index contributed by atoms with van der Waals surface area (Å²) in [7, 11) is 0. The highest BCUT2D eigenvalue weighted by molar-refractivity contribution is 7.13. The average molecular weight is 296 g/mol. The fourth-order valence-electron chi connectivity index (χ4n) is 2.94. The number of fused-ring (bicyclic) bond motifs is 1. The van der Waals surface area contributed by atoms with Crippen molar-refractivity contribution in [2.75, 3.05) is 4.90 Å². The molecule has 1 aliphatic rings. The van der Waals surface area contributed by atoms with Crippen LogP contribution in [-0.2, 0) is 13.0 Å². The Morgan fingerprint density at radius 1 is 1.29 bits per heavy atom. The van der Waals surface area contributed by atoms with Crippen molar-refractivity contribution in [3.63, 3.8) is 0 Å². The van der Waals surface area contributed by atoms with Gasteiger partial charge < -0.3 is 9.32 Å². The van der Waals surface area contributed by atoms with Gasteiger partial charge in [0.2, 0.25) is 5.89 Å². The predicted molar refractivity (Wildman–Crippen MR) is 85.6 cm³/mol. The van der Waals surface area contributed by atoms with Gasteiger partial charge >= 0.3 is 0 Å². The molecule has 106 valence electrons. The summed E-state index contributed by atoms with van der Waals surface area (Å²) in [4.78, 5) is 8.11. The van der Waals surface area contributed by atoms with E-state index in [9.17, 15) is 0 Å². The zero-order valence-electron chi connectivity index (χ0n) is 11.8. The van der Waals surface area contributed by atoms with E-state index in [-0.39, 0.29) is 0 Å². The number of hydrogen-bond acceptors (Lipinski definition) is 4. The lowest BCUT2D eigenvalue weighted by Gasteiger charge is -2.23. The van der Waals surface area contributed by atoms with Crippen LogP contribution in [0.2, 0.25) is 0 Å². The minimum atomic E-state index is 0.504. The van der Waals surface area contributed by atoms with Gasteiger partial charge in [-0.2, -0.15) is 0 Å². The first-order chi connectivity index (χ1) is 10.3. The Morgan fingerprint density at radius 3 is 3.05 bits per heavy atom. The topological polar surface area (TPSA) is 29.3 Å². The van der Waals surface area contributed by atoms with Gasteiger partial charge in [-0.1, -0.05) is 24.3 Å². The molecular weight excluding hydrogens is 280 g/mol.